The molecule has 65 valence electrons. The van der Waals surface area contributed by atoms with Crippen LogP contribution in [0.25, 0.3) is 0 Å². The Morgan fingerprint density at radius 1 is 1.45 bits per heavy atom. The number of rotatable bonds is 7. The van der Waals surface area contributed by atoms with Crippen LogP contribution >= 0.6 is 0 Å². The van der Waals surface area contributed by atoms with Gasteiger partial charge in [-0.25, -0.2) is 4.79 Å². The Morgan fingerprint density at radius 2 is 2.18 bits per heavy atom. The van der Waals surface area contributed by atoms with Crippen LogP contribution in [0.2, 0.25) is 0 Å². The van der Waals surface area contributed by atoms with Gasteiger partial charge in [0.1, 0.15) is 0 Å². The molecule has 0 aliphatic rings. The Hall–Kier alpha value is -0.570. The molecule has 0 aliphatic carbocycles. The number of hydrogen-bond acceptors (Lipinski definition) is 3. The van der Waals surface area contributed by atoms with Gasteiger partial charge < -0.3 is 9.47 Å². The largest absolute Gasteiger partial charge is 0.457 e. The highest BCUT2D eigenvalue weighted by Crippen LogP contribution is 1.96. The molecule has 1 radical (unpaired) electrons. The molecule has 0 amide bonds. The van der Waals surface area contributed by atoms with E-state index in [4.69, 9.17) is 4.74 Å². The van der Waals surface area contributed by atoms with Crippen LogP contribution in [0.3, 0.4) is 0 Å². The SMILES string of the molecule is CCC(C)OCCCO[C]=O. The third-order valence-corrected chi connectivity index (χ3v) is 1.43. The van der Waals surface area contributed by atoms with Crippen molar-refractivity contribution in [3.8, 4) is 0 Å². The topological polar surface area (TPSA) is 35.5 Å². The summed E-state index contributed by atoms with van der Waals surface area (Å²) in [6.45, 7) is 6.51. The minimum Gasteiger partial charge on any atom is -0.457 e. The summed E-state index contributed by atoms with van der Waals surface area (Å²) in [7, 11) is 0. The molecule has 0 aliphatic heterocycles. The molecule has 1 unspecified atom stereocenters. The van der Waals surface area contributed by atoms with Crippen molar-refractivity contribution < 1.29 is 14.3 Å². The van der Waals surface area contributed by atoms with Crippen molar-refractivity contribution in [2.24, 2.45) is 0 Å². The fraction of sp³-hybridized carbons (Fsp3) is 0.875. The van der Waals surface area contributed by atoms with E-state index in [1.165, 1.54) is 6.47 Å². The second-order valence-corrected chi connectivity index (χ2v) is 2.38. The fourth-order valence-corrected chi connectivity index (χ4v) is 0.575. The van der Waals surface area contributed by atoms with E-state index in [9.17, 15) is 4.79 Å². The van der Waals surface area contributed by atoms with Gasteiger partial charge in [-0.1, -0.05) is 6.92 Å². The first-order chi connectivity index (χ1) is 5.31. The highest BCUT2D eigenvalue weighted by molar-refractivity contribution is 5.37. The number of ether oxygens (including phenoxy) is 2. The van der Waals surface area contributed by atoms with Gasteiger partial charge in [-0.05, 0) is 13.3 Å². The second-order valence-electron chi connectivity index (χ2n) is 2.38. The van der Waals surface area contributed by atoms with Gasteiger partial charge in [-0.2, -0.15) is 0 Å². The Labute approximate surface area is 67.7 Å². The Bertz CT molecular complexity index is 93.3. The highest BCUT2D eigenvalue weighted by Gasteiger charge is 1.96. The maximum atomic E-state index is 9.57. The summed E-state index contributed by atoms with van der Waals surface area (Å²) in [6.07, 6.45) is 2.07. The van der Waals surface area contributed by atoms with Crippen LogP contribution in [-0.4, -0.2) is 25.8 Å². The van der Waals surface area contributed by atoms with Crippen LogP contribution in [0.4, 0.5) is 0 Å². The molecule has 0 aromatic rings. The molecule has 0 saturated carbocycles. The number of carbonyl (C=O) groups excluding carboxylic acids is 1. The normalized spacial score (nSPS) is 12.5. The van der Waals surface area contributed by atoms with Crippen LogP contribution in [0, 0.1) is 0 Å². The third kappa shape index (κ3) is 7.33. The van der Waals surface area contributed by atoms with Crippen molar-refractivity contribution in [1.82, 2.24) is 0 Å². The van der Waals surface area contributed by atoms with E-state index in [1.807, 2.05) is 6.92 Å². The average molecular weight is 159 g/mol. The van der Waals surface area contributed by atoms with E-state index in [-0.39, 0.29) is 0 Å². The van der Waals surface area contributed by atoms with E-state index in [0.29, 0.717) is 19.3 Å². The van der Waals surface area contributed by atoms with E-state index < -0.39 is 0 Å². The summed E-state index contributed by atoms with van der Waals surface area (Å²) in [5.74, 6) is 0. The van der Waals surface area contributed by atoms with Crippen molar-refractivity contribution >= 4 is 6.47 Å². The first-order valence-corrected chi connectivity index (χ1v) is 3.91. The molecular formula is C8H15O3. The molecule has 0 spiro atoms. The van der Waals surface area contributed by atoms with E-state index in [0.717, 1.165) is 12.8 Å². The molecular weight excluding hydrogens is 144 g/mol. The standard InChI is InChI=1S/C8H15O3/c1-3-8(2)11-6-4-5-10-7-9/h8H,3-6H2,1-2H3. The lowest BCUT2D eigenvalue weighted by Crippen LogP contribution is -2.09. The summed E-state index contributed by atoms with van der Waals surface area (Å²) < 4.78 is 9.69. The van der Waals surface area contributed by atoms with E-state index in [1.54, 1.807) is 0 Å². The van der Waals surface area contributed by atoms with E-state index in [2.05, 4.69) is 11.7 Å². The quantitative estimate of drug-likeness (QED) is 0.525. The van der Waals surface area contributed by atoms with Gasteiger partial charge in [0, 0.05) is 6.42 Å². The highest BCUT2D eigenvalue weighted by atomic mass is 16.5. The Kier molecular flexibility index (Phi) is 7.15. The maximum Gasteiger partial charge on any atom is 0.417 e. The Morgan fingerprint density at radius 3 is 2.73 bits per heavy atom. The minimum absolute atomic E-state index is 0.301. The predicted octanol–water partition coefficient (Wildman–Crippen LogP) is 1.28. The molecule has 0 bridgehead atoms. The lowest BCUT2D eigenvalue weighted by molar-refractivity contribution is 0.0544. The van der Waals surface area contributed by atoms with Gasteiger partial charge in [0.2, 0.25) is 0 Å². The first-order valence-electron chi connectivity index (χ1n) is 3.91. The summed E-state index contributed by atoms with van der Waals surface area (Å²) >= 11 is 0. The molecule has 0 fully saturated rings. The smallest absolute Gasteiger partial charge is 0.417 e. The van der Waals surface area contributed by atoms with Gasteiger partial charge in [-0.3, -0.25) is 0 Å². The zero-order valence-corrected chi connectivity index (χ0v) is 7.13. The maximum absolute atomic E-state index is 9.57. The molecule has 3 nitrogen and oxygen atoms in total. The van der Waals surface area contributed by atoms with Crippen molar-refractivity contribution in [2.45, 2.75) is 32.8 Å². The lowest BCUT2D eigenvalue weighted by Gasteiger charge is -2.08. The Balaban J connectivity index is 2.95. The molecule has 3 heteroatoms. The molecule has 0 heterocycles. The van der Waals surface area contributed by atoms with Crippen LogP contribution in [-0.2, 0) is 14.3 Å². The molecule has 0 rings (SSSR count). The minimum atomic E-state index is 0.301. The van der Waals surface area contributed by atoms with Gasteiger partial charge in [-0.15, -0.1) is 0 Å². The second kappa shape index (κ2) is 7.54. The van der Waals surface area contributed by atoms with Crippen molar-refractivity contribution in [1.29, 1.82) is 0 Å². The third-order valence-electron chi connectivity index (χ3n) is 1.43. The number of hydrogen-bond donors (Lipinski definition) is 0. The molecule has 1 atom stereocenters. The van der Waals surface area contributed by atoms with Gasteiger partial charge in [0.05, 0.1) is 19.3 Å². The zero-order chi connectivity index (χ0) is 8.53. The molecule has 11 heavy (non-hydrogen) atoms. The first kappa shape index (κ1) is 10.4. The van der Waals surface area contributed by atoms with Crippen molar-refractivity contribution in [3.63, 3.8) is 0 Å². The monoisotopic (exact) mass is 159 g/mol. The van der Waals surface area contributed by atoms with Crippen LogP contribution in [0.15, 0.2) is 0 Å². The average Bonchev–Trinajstić information content (AvgIpc) is 2.04. The predicted molar refractivity (Wildman–Crippen MR) is 42.0 cm³/mol. The zero-order valence-electron chi connectivity index (χ0n) is 7.13. The molecule has 0 aromatic carbocycles. The van der Waals surface area contributed by atoms with Gasteiger partial charge >= 0.3 is 6.47 Å². The molecule has 0 N–H and O–H groups in total. The summed E-state index contributed by atoms with van der Waals surface area (Å²) in [5, 5.41) is 0. The molecule has 0 aromatic heterocycles. The van der Waals surface area contributed by atoms with Crippen molar-refractivity contribution in [2.75, 3.05) is 13.2 Å². The van der Waals surface area contributed by atoms with Crippen molar-refractivity contribution in [3.05, 3.63) is 0 Å². The van der Waals surface area contributed by atoms with Crippen LogP contribution < -0.4 is 0 Å². The van der Waals surface area contributed by atoms with E-state index >= 15 is 0 Å². The lowest BCUT2D eigenvalue weighted by atomic mass is 10.3. The fourth-order valence-electron chi connectivity index (χ4n) is 0.575. The molecule has 0 saturated heterocycles. The summed E-state index contributed by atoms with van der Waals surface area (Å²) in [4.78, 5) is 9.57. The van der Waals surface area contributed by atoms with Crippen LogP contribution in [0.5, 0.6) is 0 Å². The van der Waals surface area contributed by atoms with Gasteiger partial charge in [0.15, 0.2) is 0 Å². The summed E-state index contributed by atoms with van der Waals surface area (Å²) in [6, 6.07) is 0. The van der Waals surface area contributed by atoms with Crippen LogP contribution in [0.1, 0.15) is 26.7 Å². The summed E-state index contributed by atoms with van der Waals surface area (Å²) in [5.41, 5.74) is 0. The van der Waals surface area contributed by atoms with Gasteiger partial charge in [0.25, 0.3) is 0 Å².